The maximum Gasteiger partial charge on any atom is 0.275 e. The summed E-state index contributed by atoms with van der Waals surface area (Å²) in [6, 6.07) is 12.6. The van der Waals surface area contributed by atoms with Crippen LogP contribution < -0.4 is 5.32 Å². The molecule has 1 fully saturated rings. The SMILES string of the molecule is Cc1ccc(NC(=O)c2csc(C3CCN(C(=O)CC4C=Nc5ccccc54)CC3)n2)cc1F. The molecule has 2 aromatic carbocycles. The molecule has 174 valence electrons. The van der Waals surface area contributed by atoms with E-state index in [0.717, 1.165) is 29.1 Å². The van der Waals surface area contributed by atoms with Crippen LogP contribution in [0, 0.1) is 12.7 Å². The molecule has 2 amide bonds. The number of thiazole rings is 1. The van der Waals surface area contributed by atoms with Gasteiger partial charge in [-0.3, -0.25) is 14.6 Å². The Hall–Kier alpha value is -3.39. The zero-order valence-electron chi connectivity index (χ0n) is 18.8. The molecule has 2 aliphatic heterocycles. The van der Waals surface area contributed by atoms with Gasteiger partial charge in [0.15, 0.2) is 0 Å². The molecule has 0 saturated carbocycles. The van der Waals surface area contributed by atoms with Crippen molar-refractivity contribution in [2.24, 2.45) is 4.99 Å². The number of carbonyl (C=O) groups is 2. The Balaban J connectivity index is 1.15. The van der Waals surface area contributed by atoms with Crippen molar-refractivity contribution in [2.75, 3.05) is 18.4 Å². The van der Waals surface area contributed by atoms with Crippen molar-refractivity contribution in [3.8, 4) is 0 Å². The molecule has 1 atom stereocenters. The molecule has 0 bridgehead atoms. The van der Waals surface area contributed by atoms with Crippen LogP contribution in [-0.2, 0) is 4.79 Å². The summed E-state index contributed by atoms with van der Waals surface area (Å²) in [7, 11) is 0. The number of piperidine rings is 1. The van der Waals surface area contributed by atoms with Gasteiger partial charge in [0.2, 0.25) is 5.91 Å². The summed E-state index contributed by atoms with van der Waals surface area (Å²) >= 11 is 1.46. The van der Waals surface area contributed by atoms with E-state index in [4.69, 9.17) is 0 Å². The van der Waals surface area contributed by atoms with Gasteiger partial charge in [0, 0.05) is 48.6 Å². The van der Waals surface area contributed by atoms with Crippen molar-refractivity contribution in [3.05, 3.63) is 75.5 Å². The molecule has 2 aliphatic rings. The second kappa shape index (κ2) is 9.46. The molecule has 5 rings (SSSR count). The van der Waals surface area contributed by atoms with Crippen molar-refractivity contribution in [3.63, 3.8) is 0 Å². The molecule has 3 heterocycles. The fourth-order valence-electron chi connectivity index (χ4n) is 4.47. The van der Waals surface area contributed by atoms with Crippen LogP contribution in [0.4, 0.5) is 15.8 Å². The number of carbonyl (C=O) groups excluding carboxylic acids is 2. The van der Waals surface area contributed by atoms with Crippen LogP contribution in [0.2, 0.25) is 0 Å². The number of nitrogens with one attached hydrogen (secondary N) is 1. The summed E-state index contributed by atoms with van der Waals surface area (Å²) in [6.07, 6.45) is 3.95. The number of fused-ring (bicyclic) bond motifs is 1. The Labute approximate surface area is 201 Å². The highest BCUT2D eigenvalue weighted by Crippen LogP contribution is 2.35. The number of aryl methyl sites for hydroxylation is 1. The van der Waals surface area contributed by atoms with Crippen molar-refractivity contribution in [1.29, 1.82) is 0 Å². The van der Waals surface area contributed by atoms with Gasteiger partial charge in [-0.15, -0.1) is 11.3 Å². The van der Waals surface area contributed by atoms with Gasteiger partial charge >= 0.3 is 0 Å². The molecule has 0 aliphatic carbocycles. The van der Waals surface area contributed by atoms with Gasteiger partial charge in [-0.25, -0.2) is 9.37 Å². The summed E-state index contributed by atoms with van der Waals surface area (Å²) < 4.78 is 13.7. The molecule has 34 heavy (non-hydrogen) atoms. The molecule has 1 N–H and O–H groups in total. The topological polar surface area (TPSA) is 74.7 Å². The number of aromatic nitrogens is 1. The number of nitrogens with zero attached hydrogens (tertiary/aromatic N) is 3. The molecular weight excluding hydrogens is 451 g/mol. The highest BCUT2D eigenvalue weighted by Gasteiger charge is 2.29. The number of likely N-dealkylation sites (tertiary alicyclic amines) is 1. The Morgan fingerprint density at radius 3 is 2.76 bits per heavy atom. The summed E-state index contributed by atoms with van der Waals surface area (Å²) in [5.41, 5.74) is 3.34. The summed E-state index contributed by atoms with van der Waals surface area (Å²) in [6.45, 7) is 3.03. The lowest BCUT2D eigenvalue weighted by Gasteiger charge is -2.31. The molecule has 0 spiro atoms. The number of anilines is 1. The van der Waals surface area contributed by atoms with E-state index in [-0.39, 0.29) is 29.5 Å². The standard InChI is InChI=1S/C26H25FN4O2S/c1-16-6-7-19(13-21(16)27)29-25(33)23-15-34-26(30-23)17-8-10-31(11-9-17)24(32)12-18-14-28-22-5-3-2-4-20(18)22/h2-7,13-15,17-18H,8-12H2,1H3,(H,29,33). The first kappa shape index (κ1) is 22.4. The second-order valence-corrected chi connectivity index (χ2v) is 9.68. The van der Waals surface area contributed by atoms with E-state index in [2.05, 4.69) is 15.3 Å². The minimum absolute atomic E-state index is 0.0449. The maximum absolute atomic E-state index is 13.7. The fraction of sp³-hybridized carbons (Fsp3) is 0.308. The van der Waals surface area contributed by atoms with Gasteiger partial charge in [0.05, 0.1) is 10.7 Å². The molecule has 1 aromatic heterocycles. The van der Waals surface area contributed by atoms with Gasteiger partial charge < -0.3 is 10.2 Å². The quantitative estimate of drug-likeness (QED) is 0.533. The molecule has 6 nitrogen and oxygen atoms in total. The number of rotatable bonds is 5. The zero-order chi connectivity index (χ0) is 23.7. The molecule has 0 radical (unpaired) electrons. The van der Waals surface area contributed by atoms with Crippen LogP contribution in [0.5, 0.6) is 0 Å². The van der Waals surface area contributed by atoms with Crippen molar-refractivity contribution >= 4 is 40.7 Å². The van der Waals surface area contributed by atoms with Crippen molar-refractivity contribution in [2.45, 2.75) is 38.0 Å². The van der Waals surface area contributed by atoms with Crippen LogP contribution >= 0.6 is 11.3 Å². The van der Waals surface area contributed by atoms with Crippen LogP contribution in [-0.4, -0.2) is 41.0 Å². The lowest BCUT2D eigenvalue weighted by molar-refractivity contribution is -0.132. The summed E-state index contributed by atoms with van der Waals surface area (Å²) in [5, 5.41) is 5.35. The summed E-state index contributed by atoms with van der Waals surface area (Å²) in [4.78, 5) is 36.3. The lowest BCUT2D eigenvalue weighted by Crippen LogP contribution is -2.38. The third-order valence-electron chi connectivity index (χ3n) is 6.51. The lowest BCUT2D eigenvalue weighted by atomic mass is 9.94. The normalized spacial score (nSPS) is 17.6. The van der Waals surface area contributed by atoms with Gasteiger partial charge in [-0.05, 0) is 49.1 Å². The van der Waals surface area contributed by atoms with E-state index >= 15 is 0 Å². The van der Waals surface area contributed by atoms with Crippen molar-refractivity contribution in [1.82, 2.24) is 9.88 Å². The first-order valence-corrected chi connectivity index (χ1v) is 12.3. The van der Waals surface area contributed by atoms with E-state index < -0.39 is 0 Å². The zero-order valence-corrected chi connectivity index (χ0v) is 19.6. The average Bonchev–Trinajstić information content (AvgIpc) is 3.50. The predicted octanol–water partition coefficient (Wildman–Crippen LogP) is 5.44. The minimum Gasteiger partial charge on any atom is -0.343 e. The van der Waals surface area contributed by atoms with Crippen LogP contribution in [0.25, 0.3) is 0 Å². The Morgan fingerprint density at radius 2 is 1.97 bits per heavy atom. The molecular formula is C26H25FN4O2S. The Kier molecular flexibility index (Phi) is 6.24. The highest BCUT2D eigenvalue weighted by molar-refractivity contribution is 7.10. The van der Waals surface area contributed by atoms with Crippen LogP contribution in [0.15, 0.2) is 52.8 Å². The monoisotopic (exact) mass is 476 g/mol. The first-order chi connectivity index (χ1) is 16.5. The third kappa shape index (κ3) is 4.63. The number of hydrogen-bond donors (Lipinski definition) is 1. The second-order valence-electron chi connectivity index (χ2n) is 8.79. The summed E-state index contributed by atoms with van der Waals surface area (Å²) in [5.74, 6) is -0.292. The number of halogens is 1. The molecule has 1 unspecified atom stereocenters. The van der Waals surface area contributed by atoms with Crippen LogP contribution in [0.1, 0.15) is 57.7 Å². The van der Waals surface area contributed by atoms with Crippen LogP contribution in [0.3, 0.4) is 0 Å². The van der Waals surface area contributed by atoms with E-state index in [1.165, 1.54) is 17.4 Å². The first-order valence-electron chi connectivity index (χ1n) is 11.4. The number of hydrogen-bond acceptors (Lipinski definition) is 5. The molecule has 3 aromatic rings. The number of para-hydroxylation sites is 1. The van der Waals surface area contributed by atoms with Crippen molar-refractivity contribution < 1.29 is 14.0 Å². The Morgan fingerprint density at radius 1 is 1.18 bits per heavy atom. The van der Waals surface area contributed by atoms with E-state index in [1.807, 2.05) is 35.4 Å². The van der Waals surface area contributed by atoms with E-state index in [1.54, 1.807) is 24.4 Å². The number of amides is 2. The minimum atomic E-state index is -0.359. The molecule has 8 heteroatoms. The largest absolute Gasteiger partial charge is 0.343 e. The van der Waals surface area contributed by atoms with E-state index in [0.29, 0.717) is 36.5 Å². The molecule has 1 saturated heterocycles. The van der Waals surface area contributed by atoms with Gasteiger partial charge in [0.1, 0.15) is 11.5 Å². The van der Waals surface area contributed by atoms with E-state index in [9.17, 15) is 14.0 Å². The third-order valence-corrected chi connectivity index (χ3v) is 7.51. The number of aliphatic imine (C=N–C) groups is 1. The average molecular weight is 477 g/mol. The van der Waals surface area contributed by atoms with Gasteiger partial charge in [0.25, 0.3) is 5.91 Å². The maximum atomic E-state index is 13.7. The number of benzene rings is 2. The Bertz CT molecular complexity index is 1260. The van der Waals surface area contributed by atoms with Gasteiger partial charge in [-0.2, -0.15) is 0 Å². The smallest absolute Gasteiger partial charge is 0.275 e. The highest BCUT2D eigenvalue weighted by atomic mass is 32.1. The predicted molar refractivity (Wildman–Crippen MR) is 132 cm³/mol. The fourth-order valence-corrected chi connectivity index (χ4v) is 5.44. The van der Waals surface area contributed by atoms with Gasteiger partial charge in [-0.1, -0.05) is 24.3 Å².